The topological polar surface area (TPSA) is 17.1 Å². The molecule has 1 heteroatoms. The van der Waals surface area contributed by atoms with Crippen molar-refractivity contribution >= 4 is 6.29 Å². The quantitative estimate of drug-likeness (QED) is 0.423. The van der Waals surface area contributed by atoms with Crippen molar-refractivity contribution in [2.24, 2.45) is 5.92 Å². The molecule has 1 atom stereocenters. The highest BCUT2D eigenvalue weighted by Gasteiger charge is 1.92. The van der Waals surface area contributed by atoms with Gasteiger partial charge in [0.15, 0.2) is 0 Å². The zero-order valence-electron chi connectivity index (χ0n) is 6.84. The highest BCUT2D eigenvalue weighted by atomic mass is 16.1. The van der Waals surface area contributed by atoms with Crippen LogP contribution in [0, 0.1) is 5.92 Å². The summed E-state index contributed by atoms with van der Waals surface area (Å²) in [6.07, 6.45) is 8.43. The van der Waals surface area contributed by atoms with Gasteiger partial charge in [0.1, 0.15) is 6.29 Å². The maximum absolute atomic E-state index is 10.1. The van der Waals surface area contributed by atoms with E-state index in [1.165, 1.54) is 6.42 Å². The third-order valence-corrected chi connectivity index (χ3v) is 1.36. The lowest BCUT2D eigenvalue weighted by Gasteiger charge is -1.94. The predicted octanol–water partition coefficient (Wildman–Crippen LogP) is 2.57. The second-order valence-corrected chi connectivity index (χ2v) is 2.61. The lowest BCUT2D eigenvalue weighted by molar-refractivity contribution is -0.110. The number of allylic oxidation sites excluding steroid dienone is 2. The van der Waals surface area contributed by atoms with Crippen molar-refractivity contribution in [1.82, 2.24) is 0 Å². The Bertz CT molecular complexity index is 105. The lowest BCUT2D eigenvalue weighted by atomic mass is 10.1. The molecular formula is C9H16O. The molecule has 0 aliphatic carbocycles. The Morgan fingerprint density at radius 2 is 2.10 bits per heavy atom. The van der Waals surface area contributed by atoms with Crippen LogP contribution in [0.4, 0.5) is 0 Å². The number of carbonyl (C=O) groups excluding carboxylic acids is 1. The van der Waals surface area contributed by atoms with Gasteiger partial charge in [0.2, 0.25) is 0 Å². The van der Waals surface area contributed by atoms with Crippen LogP contribution in [0.15, 0.2) is 12.2 Å². The Morgan fingerprint density at radius 3 is 2.60 bits per heavy atom. The first kappa shape index (κ1) is 9.41. The van der Waals surface area contributed by atoms with Gasteiger partial charge in [0.05, 0.1) is 0 Å². The fourth-order valence-corrected chi connectivity index (χ4v) is 0.651. The zero-order chi connectivity index (χ0) is 7.82. The van der Waals surface area contributed by atoms with Gasteiger partial charge in [-0.2, -0.15) is 0 Å². The number of carbonyl (C=O) groups is 1. The van der Waals surface area contributed by atoms with E-state index in [2.05, 4.69) is 19.1 Å². The molecule has 0 saturated carbocycles. The smallest absolute Gasteiger partial charge is 0.123 e. The average Bonchev–Trinajstić information content (AvgIpc) is 1.98. The van der Waals surface area contributed by atoms with Crippen molar-refractivity contribution in [3.8, 4) is 0 Å². The molecule has 0 aromatic carbocycles. The summed E-state index contributed by atoms with van der Waals surface area (Å²) in [6.45, 7) is 4.08. The van der Waals surface area contributed by atoms with Crippen LogP contribution in [0.25, 0.3) is 0 Å². The van der Waals surface area contributed by atoms with Crippen LogP contribution >= 0.6 is 0 Å². The van der Waals surface area contributed by atoms with Gasteiger partial charge in [-0.3, -0.25) is 0 Å². The predicted molar refractivity (Wildman–Crippen MR) is 43.9 cm³/mol. The van der Waals surface area contributed by atoms with Crippen LogP contribution in [-0.2, 0) is 4.79 Å². The third kappa shape index (κ3) is 5.54. The van der Waals surface area contributed by atoms with Crippen molar-refractivity contribution in [1.29, 1.82) is 0 Å². The number of aldehydes is 1. The molecule has 0 spiro atoms. The van der Waals surface area contributed by atoms with Gasteiger partial charge in [-0.1, -0.05) is 32.4 Å². The minimum atomic E-state index is 0.188. The van der Waals surface area contributed by atoms with Crippen LogP contribution in [-0.4, -0.2) is 6.29 Å². The molecule has 0 saturated heterocycles. The van der Waals surface area contributed by atoms with Crippen molar-refractivity contribution in [3.05, 3.63) is 12.2 Å². The first-order chi connectivity index (χ1) is 4.81. The van der Waals surface area contributed by atoms with Crippen LogP contribution in [0.1, 0.15) is 33.1 Å². The normalized spacial score (nSPS) is 13.8. The molecular weight excluding hydrogens is 124 g/mol. The van der Waals surface area contributed by atoms with Crippen LogP contribution in [0.5, 0.6) is 0 Å². The molecule has 10 heavy (non-hydrogen) atoms. The molecule has 0 fully saturated rings. The molecule has 0 aromatic heterocycles. The maximum Gasteiger partial charge on any atom is 0.123 e. The Balaban J connectivity index is 3.24. The second-order valence-electron chi connectivity index (χ2n) is 2.61. The van der Waals surface area contributed by atoms with Gasteiger partial charge in [0.25, 0.3) is 0 Å². The van der Waals surface area contributed by atoms with Crippen LogP contribution in [0.3, 0.4) is 0 Å². The van der Waals surface area contributed by atoms with Crippen molar-refractivity contribution in [2.75, 3.05) is 0 Å². The number of hydrogen-bond donors (Lipinski definition) is 0. The Kier molecular flexibility index (Phi) is 6.14. The van der Waals surface area contributed by atoms with Crippen molar-refractivity contribution < 1.29 is 4.79 Å². The van der Waals surface area contributed by atoms with Gasteiger partial charge in [-0.25, -0.2) is 0 Å². The summed E-state index contributed by atoms with van der Waals surface area (Å²) in [5, 5.41) is 0. The molecule has 0 rings (SSSR count). The third-order valence-electron chi connectivity index (χ3n) is 1.36. The minimum Gasteiger partial charge on any atom is -0.303 e. The van der Waals surface area contributed by atoms with Gasteiger partial charge >= 0.3 is 0 Å². The lowest BCUT2D eigenvalue weighted by Crippen LogP contribution is -1.91. The first-order valence-electron chi connectivity index (χ1n) is 3.91. The van der Waals surface area contributed by atoms with E-state index < -0.39 is 0 Å². The Labute approximate surface area is 63.1 Å². The molecule has 0 N–H and O–H groups in total. The van der Waals surface area contributed by atoms with Gasteiger partial charge in [-0.05, 0) is 12.8 Å². The summed E-state index contributed by atoms with van der Waals surface area (Å²) < 4.78 is 0. The fraction of sp³-hybridized carbons (Fsp3) is 0.667. The Hall–Kier alpha value is -0.590. The van der Waals surface area contributed by atoms with E-state index in [1.54, 1.807) is 0 Å². The summed E-state index contributed by atoms with van der Waals surface area (Å²) in [7, 11) is 0. The van der Waals surface area contributed by atoms with E-state index in [4.69, 9.17) is 0 Å². The summed E-state index contributed by atoms with van der Waals surface area (Å²) >= 11 is 0. The molecule has 1 nitrogen and oxygen atoms in total. The molecule has 58 valence electrons. The van der Waals surface area contributed by atoms with E-state index in [1.807, 2.05) is 6.92 Å². The van der Waals surface area contributed by atoms with Crippen LogP contribution < -0.4 is 0 Å². The monoisotopic (exact) mass is 140 g/mol. The molecule has 0 heterocycles. The molecule has 0 amide bonds. The number of rotatable bonds is 5. The summed E-state index contributed by atoms with van der Waals surface area (Å²) in [5.41, 5.74) is 0. The standard InChI is InChI=1S/C9H16O/c1-3-4-5-6-7-9(2)8-10/h5-6,8-9H,3-4,7H2,1-2H3. The Morgan fingerprint density at radius 1 is 1.40 bits per heavy atom. The average molecular weight is 140 g/mol. The van der Waals surface area contributed by atoms with Gasteiger partial charge in [-0.15, -0.1) is 0 Å². The second kappa shape index (κ2) is 6.53. The number of hydrogen-bond acceptors (Lipinski definition) is 1. The highest BCUT2D eigenvalue weighted by Crippen LogP contribution is 1.99. The van der Waals surface area contributed by atoms with E-state index >= 15 is 0 Å². The summed E-state index contributed by atoms with van der Waals surface area (Å²) in [5.74, 6) is 0.188. The zero-order valence-corrected chi connectivity index (χ0v) is 6.84. The van der Waals surface area contributed by atoms with Gasteiger partial charge < -0.3 is 4.79 Å². The van der Waals surface area contributed by atoms with E-state index in [9.17, 15) is 4.79 Å². The van der Waals surface area contributed by atoms with E-state index in [0.717, 1.165) is 19.1 Å². The van der Waals surface area contributed by atoms with Crippen molar-refractivity contribution in [3.63, 3.8) is 0 Å². The van der Waals surface area contributed by atoms with Gasteiger partial charge in [0, 0.05) is 5.92 Å². The molecule has 0 aliphatic rings. The highest BCUT2D eigenvalue weighted by molar-refractivity contribution is 5.52. The number of unbranched alkanes of at least 4 members (excludes halogenated alkanes) is 1. The molecule has 1 unspecified atom stereocenters. The largest absolute Gasteiger partial charge is 0.303 e. The maximum atomic E-state index is 10.1. The van der Waals surface area contributed by atoms with E-state index in [0.29, 0.717) is 0 Å². The molecule has 0 aromatic rings. The summed E-state index contributed by atoms with van der Waals surface area (Å²) in [6, 6.07) is 0. The minimum absolute atomic E-state index is 0.188. The summed E-state index contributed by atoms with van der Waals surface area (Å²) in [4.78, 5) is 10.1. The van der Waals surface area contributed by atoms with Crippen molar-refractivity contribution in [2.45, 2.75) is 33.1 Å². The molecule has 0 bridgehead atoms. The SMILES string of the molecule is CCCC=CCC(C)C=O. The molecule has 0 aliphatic heterocycles. The molecule has 0 radical (unpaired) electrons. The fourth-order valence-electron chi connectivity index (χ4n) is 0.651. The van der Waals surface area contributed by atoms with E-state index in [-0.39, 0.29) is 5.92 Å². The first-order valence-corrected chi connectivity index (χ1v) is 3.91. The van der Waals surface area contributed by atoms with Crippen LogP contribution in [0.2, 0.25) is 0 Å².